The Morgan fingerprint density at radius 3 is 3.21 bits per heavy atom. The molecule has 1 rings (SSSR count). The van der Waals surface area contributed by atoms with E-state index < -0.39 is 0 Å². The minimum Gasteiger partial charge on any atom is -0.482 e. The molecule has 1 N–H and O–H groups in total. The van der Waals surface area contributed by atoms with Crippen LogP contribution in [0.1, 0.15) is 0 Å². The van der Waals surface area contributed by atoms with Gasteiger partial charge in [0.2, 0.25) is 0 Å². The number of carbonyl (C=O) groups is 1. The van der Waals surface area contributed by atoms with E-state index in [0.717, 1.165) is 0 Å². The predicted octanol–water partition coefficient (Wildman–Crippen LogP) is 0.100. The largest absolute Gasteiger partial charge is 0.482 e. The highest BCUT2D eigenvalue weighted by Gasteiger charge is 2.00. The molecule has 0 aliphatic carbocycles. The molecule has 72 valence electrons. The Bertz CT molecular complexity index is 332. The van der Waals surface area contributed by atoms with E-state index in [-0.39, 0.29) is 19.1 Å². The molecule has 0 atom stereocenters. The van der Waals surface area contributed by atoms with Crippen LogP contribution in [0.3, 0.4) is 0 Å². The van der Waals surface area contributed by atoms with E-state index >= 15 is 0 Å². The molecule has 14 heavy (non-hydrogen) atoms. The number of nitrogens with one attached hydrogen (secondary N) is 1. The third-order valence-corrected chi connectivity index (χ3v) is 1.37. The summed E-state index contributed by atoms with van der Waals surface area (Å²) in [5, 5.41) is 10.5. The first-order chi connectivity index (χ1) is 6.83. The third-order valence-electron chi connectivity index (χ3n) is 1.37. The molecule has 0 unspecified atom stereocenters. The summed E-state index contributed by atoms with van der Waals surface area (Å²) in [5.74, 6) is 0.204. The van der Waals surface area contributed by atoms with Crippen molar-refractivity contribution in [2.24, 2.45) is 0 Å². The van der Waals surface area contributed by atoms with Gasteiger partial charge < -0.3 is 10.1 Å². The van der Waals surface area contributed by atoms with Crippen LogP contribution in [0.5, 0.6) is 5.75 Å². The van der Waals surface area contributed by atoms with Gasteiger partial charge in [0.05, 0.1) is 12.3 Å². The van der Waals surface area contributed by atoms with Gasteiger partial charge in [0.1, 0.15) is 12.3 Å². The van der Waals surface area contributed by atoms with E-state index in [1.165, 1.54) is 6.20 Å². The molecule has 5 heteroatoms. The fourth-order valence-corrected chi connectivity index (χ4v) is 0.770. The van der Waals surface area contributed by atoms with Crippen LogP contribution in [0.4, 0.5) is 0 Å². The Morgan fingerprint density at radius 1 is 1.71 bits per heavy atom. The van der Waals surface area contributed by atoms with E-state index in [1.54, 1.807) is 24.4 Å². The number of hydrogen-bond donors (Lipinski definition) is 1. The van der Waals surface area contributed by atoms with Crippen LogP contribution in [-0.2, 0) is 4.79 Å². The van der Waals surface area contributed by atoms with Crippen molar-refractivity contribution in [1.29, 1.82) is 5.26 Å². The summed E-state index contributed by atoms with van der Waals surface area (Å²) in [6.45, 7) is -0.109. The lowest BCUT2D eigenvalue weighted by Crippen LogP contribution is -2.29. The number of amides is 1. The maximum Gasteiger partial charge on any atom is 0.258 e. The van der Waals surface area contributed by atoms with Crippen LogP contribution in [0.2, 0.25) is 0 Å². The first kappa shape index (κ1) is 9.99. The molecule has 0 saturated heterocycles. The maximum atomic E-state index is 11.0. The lowest BCUT2D eigenvalue weighted by molar-refractivity contribution is -0.122. The summed E-state index contributed by atoms with van der Waals surface area (Å²) >= 11 is 0. The molecule has 5 nitrogen and oxygen atoms in total. The molecular weight excluding hydrogens is 182 g/mol. The number of ether oxygens (including phenoxy) is 1. The van der Waals surface area contributed by atoms with E-state index in [0.29, 0.717) is 5.75 Å². The molecule has 1 heterocycles. The number of hydrogen-bond acceptors (Lipinski definition) is 4. The lowest BCUT2D eigenvalue weighted by atomic mass is 10.5. The summed E-state index contributed by atoms with van der Waals surface area (Å²) in [5.41, 5.74) is 0. The Balaban J connectivity index is 2.28. The number of nitrogens with zero attached hydrogens (tertiary/aromatic N) is 2. The fourth-order valence-electron chi connectivity index (χ4n) is 0.770. The quantitative estimate of drug-likeness (QED) is 0.685. The smallest absolute Gasteiger partial charge is 0.258 e. The molecular formula is C9H9N3O2. The van der Waals surface area contributed by atoms with Crippen molar-refractivity contribution in [2.75, 3.05) is 13.2 Å². The van der Waals surface area contributed by atoms with Crippen molar-refractivity contribution in [1.82, 2.24) is 10.3 Å². The number of carbonyl (C=O) groups excluding carboxylic acids is 1. The summed E-state index contributed by atoms with van der Waals surface area (Å²) in [6, 6.07) is 5.21. The molecule has 0 aliphatic heterocycles. The van der Waals surface area contributed by atoms with Gasteiger partial charge in [-0.15, -0.1) is 0 Å². The zero-order valence-corrected chi connectivity index (χ0v) is 7.43. The molecule has 1 aromatic heterocycles. The van der Waals surface area contributed by atoms with E-state index in [4.69, 9.17) is 10.00 Å². The number of nitriles is 1. The molecule has 0 radical (unpaired) electrons. The highest BCUT2D eigenvalue weighted by molar-refractivity contribution is 5.77. The Labute approximate surface area is 81.3 Å². The molecule has 0 aliphatic rings. The van der Waals surface area contributed by atoms with Gasteiger partial charge in [-0.1, -0.05) is 0 Å². The van der Waals surface area contributed by atoms with Gasteiger partial charge in [-0.05, 0) is 12.1 Å². The highest BCUT2D eigenvalue weighted by Crippen LogP contribution is 2.04. The minimum atomic E-state index is -0.324. The second-order valence-electron chi connectivity index (χ2n) is 2.41. The van der Waals surface area contributed by atoms with Gasteiger partial charge in [0.25, 0.3) is 5.91 Å². The van der Waals surface area contributed by atoms with Crippen molar-refractivity contribution in [3.63, 3.8) is 0 Å². The highest BCUT2D eigenvalue weighted by atomic mass is 16.5. The van der Waals surface area contributed by atoms with Crippen molar-refractivity contribution in [3.05, 3.63) is 24.5 Å². The topological polar surface area (TPSA) is 75.0 Å². The fraction of sp³-hybridized carbons (Fsp3) is 0.222. The standard InChI is InChI=1S/C9H9N3O2/c10-3-5-12-9(13)7-14-8-2-1-4-11-6-8/h1-2,4,6H,5,7H2,(H,12,13). The molecule has 0 fully saturated rings. The van der Waals surface area contributed by atoms with Crippen LogP contribution in [0, 0.1) is 11.3 Å². The first-order valence-corrected chi connectivity index (χ1v) is 3.99. The molecule has 1 amide bonds. The zero-order chi connectivity index (χ0) is 10.2. The van der Waals surface area contributed by atoms with Crippen molar-refractivity contribution < 1.29 is 9.53 Å². The lowest BCUT2D eigenvalue weighted by Gasteiger charge is -2.03. The molecule has 0 spiro atoms. The molecule has 1 aromatic rings. The average Bonchev–Trinajstić information content (AvgIpc) is 2.25. The molecule has 0 bridgehead atoms. The minimum absolute atomic E-state index is 0.00473. The van der Waals surface area contributed by atoms with Crippen LogP contribution in [0.15, 0.2) is 24.5 Å². The SMILES string of the molecule is N#CCNC(=O)COc1cccnc1. The summed E-state index contributed by atoms with van der Waals surface area (Å²) in [6.07, 6.45) is 3.13. The molecule has 0 saturated carbocycles. The predicted molar refractivity (Wildman–Crippen MR) is 48.4 cm³/mol. The monoisotopic (exact) mass is 191 g/mol. The number of pyridine rings is 1. The first-order valence-electron chi connectivity index (χ1n) is 3.99. The van der Waals surface area contributed by atoms with Gasteiger partial charge in [-0.25, -0.2) is 0 Å². The number of aromatic nitrogens is 1. The second kappa shape index (κ2) is 5.54. The van der Waals surface area contributed by atoms with E-state index in [9.17, 15) is 4.79 Å². The Kier molecular flexibility index (Phi) is 3.95. The maximum absolute atomic E-state index is 11.0. The van der Waals surface area contributed by atoms with Crippen molar-refractivity contribution >= 4 is 5.91 Å². The van der Waals surface area contributed by atoms with Crippen molar-refractivity contribution in [3.8, 4) is 11.8 Å². The van der Waals surface area contributed by atoms with Gasteiger partial charge in [-0.2, -0.15) is 5.26 Å². The molecule has 0 aromatic carbocycles. The van der Waals surface area contributed by atoms with Crippen LogP contribution >= 0.6 is 0 Å². The van der Waals surface area contributed by atoms with Crippen LogP contribution in [0.25, 0.3) is 0 Å². The van der Waals surface area contributed by atoms with E-state index in [1.807, 2.05) is 0 Å². The summed E-state index contributed by atoms with van der Waals surface area (Å²) < 4.78 is 5.08. The average molecular weight is 191 g/mol. The van der Waals surface area contributed by atoms with Crippen molar-refractivity contribution in [2.45, 2.75) is 0 Å². The Morgan fingerprint density at radius 2 is 2.57 bits per heavy atom. The summed E-state index contributed by atoms with van der Waals surface area (Å²) in [4.78, 5) is 14.8. The van der Waals surface area contributed by atoms with Gasteiger partial charge >= 0.3 is 0 Å². The normalized spacial score (nSPS) is 8.79. The van der Waals surface area contributed by atoms with Crippen LogP contribution < -0.4 is 10.1 Å². The Hall–Kier alpha value is -2.09. The third kappa shape index (κ3) is 3.54. The van der Waals surface area contributed by atoms with E-state index in [2.05, 4.69) is 10.3 Å². The van der Waals surface area contributed by atoms with Crippen LogP contribution in [-0.4, -0.2) is 24.0 Å². The second-order valence-corrected chi connectivity index (χ2v) is 2.41. The zero-order valence-electron chi connectivity index (χ0n) is 7.43. The van der Waals surface area contributed by atoms with Gasteiger partial charge in [0.15, 0.2) is 6.61 Å². The number of rotatable bonds is 4. The van der Waals surface area contributed by atoms with Gasteiger partial charge in [0, 0.05) is 6.20 Å². The summed E-state index contributed by atoms with van der Waals surface area (Å²) in [7, 11) is 0. The van der Waals surface area contributed by atoms with Gasteiger partial charge in [-0.3, -0.25) is 9.78 Å².